The normalized spacial score (nSPS) is 11.6. The van der Waals surface area contributed by atoms with Crippen molar-refractivity contribution in [3.05, 3.63) is 121 Å². The molecule has 4 nitrogen and oxygen atoms in total. The fourth-order valence-corrected chi connectivity index (χ4v) is 9.09. The second kappa shape index (κ2) is 9.82. The van der Waals surface area contributed by atoms with Gasteiger partial charge in [-0.15, -0.1) is 0 Å². The quantitative estimate of drug-likeness (QED) is 0.253. The van der Waals surface area contributed by atoms with Gasteiger partial charge in [-0.25, -0.2) is 0 Å². The van der Waals surface area contributed by atoms with Crippen LogP contribution in [0.2, 0.25) is 0 Å². The highest BCUT2D eigenvalue weighted by atomic mass is 31.1. The number of hydrogen-bond donors (Lipinski definition) is 0. The average molecular weight is 510 g/mol. The molecule has 6 heteroatoms. The average Bonchev–Trinajstić information content (AvgIpc) is 3.70. The lowest BCUT2D eigenvalue weighted by Crippen LogP contribution is -2.25. The predicted molar refractivity (Wildman–Crippen MR) is 148 cm³/mol. The molecule has 6 rings (SSSR count). The van der Waals surface area contributed by atoms with Crippen LogP contribution in [0, 0.1) is 13.8 Å². The molecule has 0 saturated heterocycles. The zero-order valence-corrected chi connectivity index (χ0v) is 21.7. The Balaban J connectivity index is 1.63. The lowest BCUT2D eigenvalue weighted by molar-refractivity contribution is 0.593. The second-order valence-corrected chi connectivity index (χ2v) is 12.5. The van der Waals surface area contributed by atoms with Gasteiger partial charge in [-0.1, -0.05) is 36.4 Å². The van der Waals surface area contributed by atoms with Gasteiger partial charge in [0.2, 0.25) is 0 Å². The molecule has 0 saturated carbocycles. The smallest absolute Gasteiger partial charge is 0.137 e. The van der Waals surface area contributed by atoms with E-state index in [1.165, 1.54) is 32.9 Å². The van der Waals surface area contributed by atoms with Crippen molar-refractivity contribution in [3.8, 4) is 11.1 Å². The van der Waals surface area contributed by atoms with Crippen molar-refractivity contribution in [2.24, 2.45) is 0 Å². The van der Waals surface area contributed by atoms with E-state index in [9.17, 15) is 0 Å². The van der Waals surface area contributed by atoms with Crippen LogP contribution in [0.4, 0.5) is 0 Å². The van der Waals surface area contributed by atoms with E-state index < -0.39 is 15.8 Å². The zero-order chi connectivity index (χ0) is 24.5. The predicted octanol–water partition coefficient (Wildman–Crippen LogP) is 5.86. The molecule has 0 aliphatic heterocycles. The van der Waals surface area contributed by atoms with E-state index in [1.807, 2.05) is 48.5 Å². The lowest BCUT2D eigenvalue weighted by Gasteiger charge is -2.24. The second-order valence-electron chi connectivity index (χ2n) is 8.41. The van der Waals surface area contributed by atoms with Crippen LogP contribution in [-0.2, 0) is 0 Å². The van der Waals surface area contributed by atoms with Crippen LogP contribution in [0.3, 0.4) is 0 Å². The Kier molecular flexibility index (Phi) is 6.23. The molecular weight excluding hydrogens is 486 g/mol. The van der Waals surface area contributed by atoms with Gasteiger partial charge >= 0.3 is 0 Å². The summed E-state index contributed by atoms with van der Waals surface area (Å²) in [6.45, 7) is 4.35. The minimum atomic E-state index is -1.04. The molecule has 4 heterocycles. The molecular formula is C30H24O4P2. The molecule has 36 heavy (non-hydrogen) atoms. The van der Waals surface area contributed by atoms with Crippen LogP contribution in [0.15, 0.2) is 128 Å². The maximum Gasteiger partial charge on any atom is 0.137 e. The van der Waals surface area contributed by atoms with Crippen LogP contribution in [0.25, 0.3) is 11.1 Å². The minimum absolute atomic E-state index is 0.904. The zero-order valence-electron chi connectivity index (χ0n) is 19.9. The van der Waals surface area contributed by atoms with Crippen molar-refractivity contribution in [1.29, 1.82) is 0 Å². The number of benzene rings is 2. The van der Waals surface area contributed by atoms with Crippen molar-refractivity contribution in [3.63, 3.8) is 0 Å². The monoisotopic (exact) mass is 510 g/mol. The number of rotatable bonds is 7. The molecule has 0 spiro atoms. The van der Waals surface area contributed by atoms with Crippen LogP contribution in [0.1, 0.15) is 11.1 Å². The van der Waals surface area contributed by atoms with Gasteiger partial charge in [0.1, 0.15) is 22.0 Å². The first-order valence-corrected chi connectivity index (χ1v) is 14.3. The van der Waals surface area contributed by atoms with E-state index in [2.05, 4.69) is 50.2 Å². The van der Waals surface area contributed by atoms with Crippen molar-refractivity contribution in [1.82, 2.24) is 0 Å². The summed E-state index contributed by atoms with van der Waals surface area (Å²) in [4.78, 5) is 0. The summed E-state index contributed by atoms with van der Waals surface area (Å²) in [6.07, 6.45) is 6.93. The summed E-state index contributed by atoms with van der Waals surface area (Å²) in [7, 11) is -2.08. The molecule has 4 aromatic heterocycles. The molecule has 0 atom stereocenters. The van der Waals surface area contributed by atoms with E-state index >= 15 is 0 Å². The Morgan fingerprint density at radius 1 is 0.417 bits per heavy atom. The van der Waals surface area contributed by atoms with E-state index in [1.54, 1.807) is 25.1 Å². The fourth-order valence-electron chi connectivity index (χ4n) is 4.61. The van der Waals surface area contributed by atoms with Gasteiger partial charge in [0, 0.05) is 0 Å². The molecule has 0 aliphatic rings. The summed E-state index contributed by atoms with van der Waals surface area (Å²) >= 11 is 0. The molecule has 6 aromatic rings. The highest BCUT2D eigenvalue weighted by Gasteiger charge is 2.31. The highest BCUT2D eigenvalue weighted by molar-refractivity contribution is 7.80. The van der Waals surface area contributed by atoms with Crippen molar-refractivity contribution in [2.75, 3.05) is 0 Å². The summed E-state index contributed by atoms with van der Waals surface area (Å²) < 4.78 is 23.9. The van der Waals surface area contributed by atoms with Crippen LogP contribution >= 0.6 is 15.8 Å². The molecule has 178 valence electrons. The van der Waals surface area contributed by atoms with E-state index in [4.69, 9.17) is 17.7 Å². The van der Waals surface area contributed by atoms with E-state index in [0.29, 0.717) is 0 Å². The van der Waals surface area contributed by atoms with E-state index in [0.717, 1.165) is 22.0 Å². The largest absolute Gasteiger partial charge is 0.464 e. The Labute approximate surface area is 212 Å². The standard InChI is InChI=1S/C30H24O4P2/c1-21-9-3-11-23(35(25-13-5-17-31-25)26-14-6-18-32-26)29(21)30-22(2)10-4-12-24(30)36(27-15-7-19-33-27)28-16-8-20-34-28/h3-20H,1-2H3. The van der Waals surface area contributed by atoms with Crippen molar-refractivity contribution in [2.45, 2.75) is 13.8 Å². The number of furan rings is 4. The maximum absolute atomic E-state index is 5.97. The third-order valence-electron chi connectivity index (χ3n) is 6.14. The first kappa shape index (κ1) is 22.9. The summed E-state index contributed by atoms with van der Waals surface area (Å²) in [5.41, 5.74) is 8.42. The summed E-state index contributed by atoms with van der Waals surface area (Å²) in [6, 6.07) is 28.9. The summed E-state index contributed by atoms with van der Waals surface area (Å²) in [5.74, 6) is 0. The molecule has 0 N–H and O–H groups in total. The van der Waals surface area contributed by atoms with Gasteiger partial charge in [0.15, 0.2) is 0 Å². The Hall–Kier alpha value is -3.58. The van der Waals surface area contributed by atoms with Crippen molar-refractivity contribution >= 4 is 48.5 Å². The van der Waals surface area contributed by atoms with Gasteiger partial charge in [-0.2, -0.15) is 0 Å². The Morgan fingerprint density at radius 3 is 1.03 bits per heavy atom. The highest BCUT2D eigenvalue weighted by Crippen LogP contribution is 2.43. The van der Waals surface area contributed by atoms with Crippen LogP contribution < -0.4 is 32.6 Å². The SMILES string of the molecule is Cc1cccc(P(c2ccco2)c2ccco2)c1-c1c(C)cccc1P(c1ccco1)c1ccco1. The van der Waals surface area contributed by atoms with E-state index in [-0.39, 0.29) is 0 Å². The van der Waals surface area contributed by atoms with Gasteiger partial charge in [-0.05, 0) is 95.2 Å². The third kappa shape index (κ3) is 4.07. The topological polar surface area (TPSA) is 52.6 Å². The lowest BCUT2D eigenvalue weighted by atomic mass is 9.96. The molecule has 0 aliphatic carbocycles. The van der Waals surface area contributed by atoms with Crippen molar-refractivity contribution < 1.29 is 17.7 Å². The molecule has 0 radical (unpaired) electrons. The first-order chi connectivity index (χ1) is 17.7. The van der Waals surface area contributed by atoms with Gasteiger partial charge in [0.25, 0.3) is 0 Å². The molecule has 2 aromatic carbocycles. The summed E-state index contributed by atoms with van der Waals surface area (Å²) in [5, 5.41) is 2.39. The third-order valence-corrected chi connectivity index (χ3v) is 10.6. The number of aryl methyl sites for hydroxylation is 2. The number of hydrogen-bond acceptors (Lipinski definition) is 4. The molecule has 0 bridgehead atoms. The molecule has 0 amide bonds. The Bertz CT molecular complexity index is 1360. The van der Waals surface area contributed by atoms with Crippen LogP contribution in [0.5, 0.6) is 0 Å². The Morgan fingerprint density at radius 2 is 0.750 bits per heavy atom. The maximum atomic E-state index is 5.97. The van der Waals surface area contributed by atoms with Gasteiger partial charge in [-0.3, -0.25) is 0 Å². The fraction of sp³-hybridized carbons (Fsp3) is 0.0667. The van der Waals surface area contributed by atoms with Gasteiger partial charge in [0.05, 0.1) is 40.9 Å². The first-order valence-electron chi connectivity index (χ1n) is 11.7. The molecule has 0 fully saturated rings. The van der Waals surface area contributed by atoms with Crippen LogP contribution in [-0.4, -0.2) is 0 Å². The molecule has 0 unspecified atom stereocenters. The van der Waals surface area contributed by atoms with Gasteiger partial charge < -0.3 is 17.7 Å². The minimum Gasteiger partial charge on any atom is -0.464 e.